The second-order valence-corrected chi connectivity index (χ2v) is 12.3. The first kappa shape index (κ1) is 48.4. The van der Waals surface area contributed by atoms with Crippen molar-refractivity contribution >= 4 is 34.2 Å². The summed E-state index contributed by atoms with van der Waals surface area (Å²) >= 11 is 0. The standard InChI is InChI=1S/2C21H25N2.2Cu.2H2O/c2*1-14-9-7-10-15(2)20(14)22-18(5)13-19(6)23-21-16(3)11-8-12-17(21)4;;;;/h2*7-13H,1-6H3;;;2*1H2/q2*-1;2*+2;;/p-2/b2*18-13-,23-19?;;;;. The first-order chi connectivity index (χ1) is 21.8. The Kier molecular flexibility index (Phi) is 22.1. The van der Waals surface area contributed by atoms with E-state index in [1.807, 2.05) is 39.8 Å². The Hall–Kier alpha value is -3.74. The zero-order chi connectivity index (χ0) is 34.0. The summed E-state index contributed by atoms with van der Waals surface area (Å²) in [7, 11) is 0. The van der Waals surface area contributed by atoms with Crippen LogP contribution >= 0.6 is 0 Å². The molecule has 0 saturated carbocycles. The minimum atomic E-state index is 0. The number of nitrogens with zero attached hydrogens (tertiary/aromatic N) is 4. The molecule has 0 saturated heterocycles. The monoisotopic (exact) mass is 770 g/mol. The molecule has 0 heterocycles. The quantitative estimate of drug-likeness (QED) is 0.131. The summed E-state index contributed by atoms with van der Waals surface area (Å²) < 4.78 is 0. The van der Waals surface area contributed by atoms with E-state index in [-0.39, 0.29) is 45.1 Å². The van der Waals surface area contributed by atoms with Crippen LogP contribution in [0.15, 0.2) is 106 Å². The van der Waals surface area contributed by atoms with Crippen molar-refractivity contribution in [1.29, 1.82) is 0 Å². The van der Waals surface area contributed by atoms with Gasteiger partial charge in [0.05, 0.1) is 11.4 Å². The Morgan fingerprint density at radius 1 is 0.420 bits per heavy atom. The maximum absolute atomic E-state index is 4.76. The molecule has 4 rings (SSSR count). The van der Waals surface area contributed by atoms with Gasteiger partial charge in [-0.25, -0.2) is 0 Å². The van der Waals surface area contributed by atoms with E-state index in [0.717, 1.165) is 45.6 Å². The molecule has 2 N–H and O–H groups in total. The van der Waals surface area contributed by atoms with Crippen molar-refractivity contribution in [3.05, 3.63) is 151 Å². The number of allylic oxidation sites excluding steroid dienone is 4. The normalized spacial score (nSPS) is 11.4. The van der Waals surface area contributed by atoms with Gasteiger partial charge in [-0.2, -0.15) is 11.4 Å². The van der Waals surface area contributed by atoms with E-state index in [2.05, 4.69) is 128 Å². The van der Waals surface area contributed by atoms with Crippen LogP contribution in [0.5, 0.6) is 0 Å². The van der Waals surface area contributed by atoms with Gasteiger partial charge in [-0.1, -0.05) is 121 Å². The maximum Gasteiger partial charge on any atom is 2.00 e. The van der Waals surface area contributed by atoms with E-state index in [1.54, 1.807) is 0 Å². The van der Waals surface area contributed by atoms with Gasteiger partial charge in [-0.05, 0) is 91.5 Å². The van der Waals surface area contributed by atoms with Crippen molar-refractivity contribution in [2.45, 2.75) is 83.1 Å². The molecule has 8 heteroatoms. The summed E-state index contributed by atoms with van der Waals surface area (Å²) in [6, 6.07) is 25.0. The first-order valence-corrected chi connectivity index (χ1v) is 15.9. The summed E-state index contributed by atoms with van der Waals surface area (Å²) in [5, 5.41) is 9.53. The molecule has 6 nitrogen and oxygen atoms in total. The molecule has 0 aliphatic rings. The number of aryl methyl sites for hydroxylation is 8. The van der Waals surface area contributed by atoms with Gasteiger partial charge < -0.3 is 21.6 Å². The van der Waals surface area contributed by atoms with Crippen molar-refractivity contribution in [2.75, 3.05) is 0 Å². The van der Waals surface area contributed by atoms with E-state index in [1.165, 1.54) is 44.5 Å². The SMILES string of the molecule is CC(/C=C(/C)[N-]c1c(C)cccc1C)=Nc1c(C)cccc1C.CC(/C=C(/C)[N-]c1c(C)cccc1C)=Nc1c(C)cccc1C.[Cu+2].[Cu+2].[OH-].[OH-]. The zero-order valence-electron chi connectivity index (χ0n) is 31.4. The van der Waals surface area contributed by atoms with E-state index in [9.17, 15) is 0 Å². The number of aliphatic imine (C=N–C) groups is 2. The molecule has 274 valence electrons. The maximum atomic E-state index is 4.76. The molecule has 0 unspecified atom stereocenters. The third-order valence-electron chi connectivity index (χ3n) is 7.75. The molecule has 0 spiro atoms. The molecule has 4 aromatic carbocycles. The van der Waals surface area contributed by atoms with Crippen molar-refractivity contribution in [3.8, 4) is 0 Å². The number of benzene rings is 4. The number of rotatable bonds is 8. The minimum Gasteiger partial charge on any atom is -0.870 e. The molecule has 50 heavy (non-hydrogen) atoms. The number of hydrogen-bond donors (Lipinski definition) is 0. The number of hydrogen-bond acceptors (Lipinski definition) is 4. The van der Waals surface area contributed by atoms with Crippen molar-refractivity contribution in [3.63, 3.8) is 0 Å². The second-order valence-electron chi connectivity index (χ2n) is 12.3. The summed E-state index contributed by atoms with van der Waals surface area (Å²) in [6.45, 7) is 24.8. The van der Waals surface area contributed by atoms with Gasteiger partial charge in [0.2, 0.25) is 0 Å². The van der Waals surface area contributed by atoms with Crippen LogP contribution in [0.2, 0.25) is 0 Å². The van der Waals surface area contributed by atoms with Gasteiger partial charge in [-0.3, -0.25) is 9.98 Å². The predicted octanol–water partition coefficient (Wildman–Crippen LogP) is 12.9. The molecule has 2 radical (unpaired) electrons. The van der Waals surface area contributed by atoms with E-state index in [0.29, 0.717) is 0 Å². The molecular weight excluding hydrogens is 720 g/mol. The van der Waals surface area contributed by atoms with Crippen molar-refractivity contribution < 1.29 is 45.1 Å². The molecule has 0 aliphatic heterocycles. The van der Waals surface area contributed by atoms with Gasteiger partial charge >= 0.3 is 34.1 Å². The van der Waals surface area contributed by atoms with Crippen LogP contribution < -0.4 is 0 Å². The Morgan fingerprint density at radius 3 is 0.880 bits per heavy atom. The average Bonchev–Trinajstić information content (AvgIpc) is 2.97. The van der Waals surface area contributed by atoms with E-state index < -0.39 is 0 Å². The van der Waals surface area contributed by atoms with Crippen LogP contribution in [0.4, 0.5) is 22.7 Å². The molecule has 0 aromatic heterocycles. The predicted molar refractivity (Wildman–Crippen MR) is 207 cm³/mol. The summed E-state index contributed by atoms with van der Waals surface area (Å²) in [5.41, 5.74) is 17.7. The Morgan fingerprint density at radius 2 is 0.640 bits per heavy atom. The Bertz CT molecular complexity index is 1610. The minimum absolute atomic E-state index is 0. The van der Waals surface area contributed by atoms with E-state index in [4.69, 9.17) is 20.6 Å². The molecule has 0 amide bonds. The largest absolute Gasteiger partial charge is 2.00 e. The van der Waals surface area contributed by atoms with Crippen molar-refractivity contribution in [2.24, 2.45) is 9.98 Å². The van der Waals surface area contributed by atoms with E-state index >= 15 is 0 Å². The van der Waals surface area contributed by atoms with Crippen LogP contribution in [0.3, 0.4) is 0 Å². The molecule has 0 aliphatic carbocycles. The first-order valence-electron chi connectivity index (χ1n) is 15.9. The van der Waals surface area contributed by atoms with Gasteiger partial charge in [-0.15, -0.1) is 11.4 Å². The van der Waals surface area contributed by atoms with Crippen LogP contribution in [-0.2, 0) is 34.1 Å². The third-order valence-corrected chi connectivity index (χ3v) is 7.75. The van der Waals surface area contributed by atoms with Crippen LogP contribution in [-0.4, -0.2) is 22.4 Å². The van der Waals surface area contributed by atoms with Crippen LogP contribution in [0.25, 0.3) is 10.6 Å². The Labute approximate surface area is 322 Å². The molecular formula is C42H52Cu2N4O2. The molecule has 4 aromatic rings. The molecule has 0 fully saturated rings. The van der Waals surface area contributed by atoms with Crippen molar-refractivity contribution in [1.82, 2.24) is 0 Å². The zero-order valence-corrected chi connectivity index (χ0v) is 33.3. The van der Waals surface area contributed by atoms with Gasteiger partial charge in [0.1, 0.15) is 0 Å². The molecule has 0 atom stereocenters. The van der Waals surface area contributed by atoms with Gasteiger partial charge in [0.25, 0.3) is 0 Å². The second kappa shape index (κ2) is 22.9. The van der Waals surface area contributed by atoms with Gasteiger partial charge in [0, 0.05) is 11.4 Å². The topological polar surface area (TPSA) is 113 Å². The van der Waals surface area contributed by atoms with Gasteiger partial charge in [0.15, 0.2) is 0 Å². The van der Waals surface area contributed by atoms with Crippen LogP contribution in [0, 0.1) is 55.4 Å². The summed E-state index contributed by atoms with van der Waals surface area (Å²) in [6.07, 6.45) is 4.08. The molecule has 0 bridgehead atoms. The third kappa shape index (κ3) is 14.2. The Balaban J connectivity index is 0. The summed E-state index contributed by atoms with van der Waals surface area (Å²) in [4.78, 5) is 9.53. The average molecular weight is 772 g/mol. The summed E-state index contributed by atoms with van der Waals surface area (Å²) in [5.74, 6) is 0. The smallest absolute Gasteiger partial charge is 0.870 e. The fourth-order valence-corrected chi connectivity index (χ4v) is 5.37. The fourth-order valence-electron chi connectivity index (χ4n) is 5.37. The number of para-hydroxylation sites is 4. The fraction of sp³-hybridized carbons (Fsp3) is 0.286. The van der Waals surface area contributed by atoms with Crippen LogP contribution in [0.1, 0.15) is 72.2 Å².